The van der Waals surface area contributed by atoms with E-state index in [0.29, 0.717) is 11.7 Å². The van der Waals surface area contributed by atoms with Gasteiger partial charge in [0.1, 0.15) is 0 Å². The summed E-state index contributed by atoms with van der Waals surface area (Å²) in [4.78, 5) is 14.9. The quantitative estimate of drug-likeness (QED) is 0.686. The Morgan fingerprint density at radius 1 is 1.26 bits per heavy atom. The lowest BCUT2D eigenvalue weighted by molar-refractivity contribution is -0.384. The summed E-state index contributed by atoms with van der Waals surface area (Å²) in [6, 6.07) is 6.40. The first-order valence-electron chi connectivity index (χ1n) is 7.71. The number of aromatic nitrogens is 2. The minimum absolute atomic E-state index is 0.0580. The Hall–Kier alpha value is -2.28. The number of benzene rings is 1. The molecule has 0 amide bonds. The van der Waals surface area contributed by atoms with Crippen molar-refractivity contribution in [3.8, 4) is 0 Å². The van der Waals surface area contributed by atoms with E-state index in [1.165, 1.54) is 12.1 Å². The van der Waals surface area contributed by atoms with Gasteiger partial charge in [0.25, 0.3) is 5.69 Å². The summed E-state index contributed by atoms with van der Waals surface area (Å²) >= 11 is 0. The van der Waals surface area contributed by atoms with Gasteiger partial charge in [0, 0.05) is 12.1 Å². The number of nitro groups is 1. The predicted octanol–water partition coefficient (Wildman–Crippen LogP) is 3.03. The molecular formula is C16H20N4O3. The third-order valence-electron chi connectivity index (χ3n) is 4.70. The van der Waals surface area contributed by atoms with Gasteiger partial charge in [-0.1, -0.05) is 30.1 Å². The molecule has 1 aliphatic rings. The third kappa shape index (κ3) is 2.72. The molecule has 1 aromatic carbocycles. The molecule has 3 rings (SSSR count). The van der Waals surface area contributed by atoms with Gasteiger partial charge in [-0.15, -0.1) is 0 Å². The van der Waals surface area contributed by atoms with Crippen molar-refractivity contribution in [2.24, 2.45) is 5.73 Å². The van der Waals surface area contributed by atoms with Crippen molar-refractivity contribution in [1.29, 1.82) is 0 Å². The Morgan fingerprint density at radius 3 is 2.43 bits per heavy atom. The lowest BCUT2D eigenvalue weighted by Crippen LogP contribution is -2.34. The standard InChI is InChI=1S/C16H20N4O3/c1-15(2,11-5-7-12(8-6-11)20(21)22)14-18-13(19-23-14)16(17)9-3-4-10-16/h5-8H,3-4,9-10,17H2,1-2H3. The number of non-ortho nitro benzene ring substituents is 1. The molecule has 0 spiro atoms. The largest absolute Gasteiger partial charge is 0.338 e. The van der Waals surface area contributed by atoms with Crippen molar-refractivity contribution < 1.29 is 9.45 Å². The maximum atomic E-state index is 10.8. The molecule has 0 radical (unpaired) electrons. The topological polar surface area (TPSA) is 108 Å². The first-order valence-corrected chi connectivity index (χ1v) is 7.71. The second-order valence-electron chi connectivity index (χ2n) is 6.72. The molecule has 1 heterocycles. The number of nitrogens with two attached hydrogens (primary N) is 1. The van der Waals surface area contributed by atoms with E-state index in [1.807, 2.05) is 13.8 Å². The maximum absolute atomic E-state index is 10.8. The van der Waals surface area contributed by atoms with E-state index in [2.05, 4.69) is 10.1 Å². The van der Waals surface area contributed by atoms with Crippen LogP contribution in [0, 0.1) is 10.1 Å². The summed E-state index contributed by atoms with van der Waals surface area (Å²) < 4.78 is 5.46. The fourth-order valence-electron chi connectivity index (χ4n) is 3.03. The number of nitrogens with zero attached hydrogens (tertiary/aromatic N) is 3. The molecule has 7 nitrogen and oxygen atoms in total. The van der Waals surface area contributed by atoms with Crippen LogP contribution in [0.2, 0.25) is 0 Å². The van der Waals surface area contributed by atoms with Crippen LogP contribution in [0.25, 0.3) is 0 Å². The number of rotatable bonds is 4. The maximum Gasteiger partial charge on any atom is 0.269 e. The van der Waals surface area contributed by atoms with Gasteiger partial charge in [-0.05, 0) is 32.3 Å². The van der Waals surface area contributed by atoms with E-state index >= 15 is 0 Å². The van der Waals surface area contributed by atoms with Crippen LogP contribution in [-0.2, 0) is 11.0 Å². The SMILES string of the molecule is CC(C)(c1ccc([N+](=O)[O-])cc1)c1nc(C2(N)CCCC2)no1. The Bertz CT molecular complexity index is 715. The zero-order valence-corrected chi connectivity index (χ0v) is 13.3. The van der Waals surface area contributed by atoms with Crippen molar-refractivity contribution in [3.05, 3.63) is 51.7 Å². The highest BCUT2D eigenvalue weighted by atomic mass is 16.6. The third-order valence-corrected chi connectivity index (χ3v) is 4.70. The van der Waals surface area contributed by atoms with Crippen LogP contribution in [0.1, 0.15) is 56.8 Å². The van der Waals surface area contributed by atoms with E-state index < -0.39 is 15.9 Å². The molecule has 0 bridgehead atoms. The molecule has 1 aromatic heterocycles. The van der Waals surface area contributed by atoms with Crippen LogP contribution in [-0.4, -0.2) is 15.1 Å². The van der Waals surface area contributed by atoms with Crippen LogP contribution in [0.15, 0.2) is 28.8 Å². The minimum atomic E-state index is -0.546. The number of hydrogen-bond acceptors (Lipinski definition) is 6. The first kappa shape index (κ1) is 15.6. The predicted molar refractivity (Wildman–Crippen MR) is 83.9 cm³/mol. The zero-order valence-electron chi connectivity index (χ0n) is 13.3. The monoisotopic (exact) mass is 316 g/mol. The summed E-state index contributed by atoms with van der Waals surface area (Å²) in [6.45, 7) is 3.90. The summed E-state index contributed by atoms with van der Waals surface area (Å²) in [5, 5.41) is 14.9. The average molecular weight is 316 g/mol. The summed E-state index contributed by atoms with van der Waals surface area (Å²) in [6.07, 6.45) is 3.88. The highest BCUT2D eigenvalue weighted by Gasteiger charge is 2.38. The highest BCUT2D eigenvalue weighted by Crippen LogP contribution is 2.37. The van der Waals surface area contributed by atoms with Crippen molar-refractivity contribution in [1.82, 2.24) is 10.1 Å². The Morgan fingerprint density at radius 2 is 1.87 bits per heavy atom. The Kier molecular flexibility index (Phi) is 3.68. The second-order valence-corrected chi connectivity index (χ2v) is 6.72. The molecule has 2 N–H and O–H groups in total. The lowest BCUT2D eigenvalue weighted by Gasteiger charge is -2.21. The molecule has 0 saturated heterocycles. The van der Waals surface area contributed by atoms with Crippen molar-refractivity contribution >= 4 is 5.69 Å². The van der Waals surface area contributed by atoms with Gasteiger partial charge < -0.3 is 10.3 Å². The molecule has 2 aromatic rings. The molecule has 7 heteroatoms. The second kappa shape index (κ2) is 5.42. The molecular weight excluding hydrogens is 296 g/mol. The zero-order chi connectivity index (χ0) is 16.7. The molecule has 0 atom stereocenters. The Balaban J connectivity index is 1.90. The molecule has 122 valence electrons. The van der Waals surface area contributed by atoms with Gasteiger partial charge in [0.2, 0.25) is 5.89 Å². The minimum Gasteiger partial charge on any atom is -0.338 e. The van der Waals surface area contributed by atoms with Gasteiger partial charge in [-0.2, -0.15) is 4.98 Å². The summed E-state index contributed by atoms with van der Waals surface area (Å²) in [5.74, 6) is 1.03. The number of hydrogen-bond donors (Lipinski definition) is 1. The van der Waals surface area contributed by atoms with Crippen LogP contribution in [0.5, 0.6) is 0 Å². The van der Waals surface area contributed by atoms with Gasteiger partial charge >= 0.3 is 0 Å². The normalized spacial score (nSPS) is 17.3. The molecule has 23 heavy (non-hydrogen) atoms. The van der Waals surface area contributed by atoms with E-state index in [9.17, 15) is 10.1 Å². The van der Waals surface area contributed by atoms with E-state index in [-0.39, 0.29) is 5.69 Å². The fraction of sp³-hybridized carbons (Fsp3) is 0.500. The molecule has 1 fully saturated rings. The van der Waals surface area contributed by atoms with Gasteiger partial charge in [-0.25, -0.2) is 0 Å². The Labute approximate surface area is 134 Å². The molecule has 0 unspecified atom stereocenters. The van der Waals surface area contributed by atoms with E-state index in [0.717, 1.165) is 31.2 Å². The smallest absolute Gasteiger partial charge is 0.269 e. The van der Waals surface area contributed by atoms with Crippen LogP contribution >= 0.6 is 0 Å². The molecule has 1 aliphatic carbocycles. The lowest BCUT2D eigenvalue weighted by atomic mass is 9.84. The van der Waals surface area contributed by atoms with Crippen LogP contribution in [0.4, 0.5) is 5.69 Å². The van der Waals surface area contributed by atoms with Gasteiger partial charge in [0.05, 0.1) is 15.9 Å². The van der Waals surface area contributed by atoms with Gasteiger partial charge in [-0.3, -0.25) is 10.1 Å². The van der Waals surface area contributed by atoms with Crippen molar-refractivity contribution in [3.63, 3.8) is 0 Å². The number of nitro benzene ring substituents is 1. The van der Waals surface area contributed by atoms with Crippen LogP contribution in [0.3, 0.4) is 0 Å². The van der Waals surface area contributed by atoms with E-state index in [4.69, 9.17) is 10.3 Å². The molecule has 0 aliphatic heterocycles. The average Bonchev–Trinajstić information content (AvgIpc) is 3.17. The van der Waals surface area contributed by atoms with Crippen molar-refractivity contribution in [2.45, 2.75) is 50.5 Å². The van der Waals surface area contributed by atoms with Crippen LogP contribution < -0.4 is 5.73 Å². The fourth-order valence-corrected chi connectivity index (χ4v) is 3.03. The first-order chi connectivity index (χ1) is 10.8. The highest BCUT2D eigenvalue weighted by molar-refractivity contribution is 5.38. The van der Waals surface area contributed by atoms with Crippen molar-refractivity contribution in [2.75, 3.05) is 0 Å². The summed E-state index contributed by atoms with van der Waals surface area (Å²) in [7, 11) is 0. The van der Waals surface area contributed by atoms with Gasteiger partial charge in [0.15, 0.2) is 5.82 Å². The summed E-state index contributed by atoms with van der Waals surface area (Å²) in [5.41, 5.74) is 6.26. The molecule has 1 saturated carbocycles. The van der Waals surface area contributed by atoms with E-state index in [1.54, 1.807) is 12.1 Å².